The molecule has 0 heteroatoms. The summed E-state index contributed by atoms with van der Waals surface area (Å²) in [6.45, 7) is 0. The summed E-state index contributed by atoms with van der Waals surface area (Å²) in [5.41, 5.74) is 39.9. The van der Waals surface area contributed by atoms with Gasteiger partial charge in [-0.25, -0.2) is 0 Å². The van der Waals surface area contributed by atoms with Crippen molar-refractivity contribution in [2.75, 3.05) is 0 Å². The third-order valence-corrected chi connectivity index (χ3v) is 27.2. The third kappa shape index (κ3) is 15.8. The van der Waals surface area contributed by atoms with Crippen molar-refractivity contribution in [1.29, 1.82) is 0 Å². The highest BCUT2D eigenvalue weighted by Crippen LogP contribution is 2.67. The van der Waals surface area contributed by atoms with Crippen LogP contribution in [0.2, 0.25) is 0 Å². The molecule has 632 valence electrons. The Bertz CT molecular complexity index is 7310. The van der Waals surface area contributed by atoms with Gasteiger partial charge in [-0.3, -0.25) is 0 Å². The average Bonchev–Trinajstić information content (AvgIpc) is 0.675. The van der Waals surface area contributed by atoms with Crippen LogP contribution in [-0.4, -0.2) is 0 Å². The van der Waals surface area contributed by atoms with Crippen LogP contribution in [0.25, 0.3) is 184 Å². The minimum atomic E-state index is -1.34. The Labute approximate surface area is 787 Å². The molecule has 0 radical (unpaired) electrons. The van der Waals surface area contributed by atoms with Crippen molar-refractivity contribution in [3.8, 4) is 178 Å². The molecular formula is C134H96. The molecule has 1 aliphatic rings. The molecule has 0 N–H and O–H groups in total. The SMILES string of the molecule is C1=C(/C=C/c2ccccc2)CC(c2cc(-c3ccccc3)c(-c3ccccc3)c(-c3ccccc3)c2-c2ccccc2)(c2cc(-c3ccccc3)c(-c3ccccc3)c(-c3ccccc3)c2-c2ccccc2)CC1(c1cc(-c2ccccc2)c(-c2ccccc2)c(-c2ccccc2)c1-c1ccccc1)c1cc(-c2ccccc2)c(-c2ccccc2)c(-c2ccccc2)c1-c1ccccc1. The number of benzene rings is 21. The maximum absolute atomic E-state index is 2.83. The van der Waals surface area contributed by atoms with Crippen LogP contribution < -0.4 is 0 Å². The minimum Gasteiger partial charge on any atom is -0.0662 e. The van der Waals surface area contributed by atoms with Gasteiger partial charge >= 0.3 is 0 Å². The molecule has 0 unspecified atom stereocenters. The Balaban J connectivity index is 1.09. The van der Waals surface area contributed by atoms with E-state index in [1.54, 1.807) is 0 Å². The lowest BCUT2D eigenvalue weighted by atomic mass is 9.50. The van der Waals surface area contributed by atoms with Gasteiger partial charge in [-0.05, 0) is 249 Å². The van der Waals surface area contributed by atoms with Crippen LogP contribution in [0.1, 0.15) is 40.7 Å². The largest absolute Gasteiger partial charge is 0.0662 e. The average molecular weight is 1710 g/mol. The van der Waals surface area contributed by atoms with Gasteiger partial charge in [-0.2, -0.15) is 0 Å². The quantitative estimate of drug-likeness (QED) is 0.0634. The first-order chi connectivity index (χ1) is 66.5. The van der Waals surface area contributed by atoms with E-state index in [0.29, 0.717) is 12.8 Å². The Morgan fingerprint density at radius 2 is 0.313 bits per heavy atom. The van der Waals surface area contributed by atoms with Crippen molar-refractivity contribution >= 4 is 6.08 Å². The van der Waals surface area contributed by atoms with Crippen molar-refractivity contribution < 1.29 is 0 Å². The van der Waals surface area contributed by atoms with Crippen LogP contribution in [0.3, 0.4) is 0 Å². The normalized spacial score (nSPS) is 12.7. The van der Waals surface area contributed by atoms with E-state index in [9.17, 15) is 0 Å². The Morgan fingerprint density at radius 3 is 0.522 bits per heavy atom. The van der Waals surface area contributed by atoms with Crippen LogP contribution >= 0.6 is 0 Å². The van der Waals surface area contributed by atoms with E-state index in [2.05, 4.69) is 558 Å². The van der Waals surface area contributed by atoms with Gasteiger partial charge in [0.25, 0.3) is 0 Å². The summed E-state index contributed by atoms with van der Waals surface area (Å²) in [5, 5.41) is 0. The van der Waals surface area contributed by atoms with E-state index in [0.717, 1.165) is 200 Å². The molecule has 0 saturated heterocycles. The number of hydrogen-bond donors (Lipinski definition) is 0. The number of hydrogen-bond acceptors (Lipinski definition) is 0. The fraction of sp³-hybridized carbons (Fsp3) is 0.0299. The summed E-state index contributed by atoms with van der Waals surface area (Å²) in [4.78, 5) is 0. The number of rotatable bonds is 22. The lowest BCUT2D eigenvalue weighted by Gasteiger charge is -2.52. The Hall–Kier alpha value is -16.9. The minimum absolute atomic E-state index is 0.405. The van der Waals surface area contributed by atoms with E-state index >= 15 is 0 Å². The molecule has 21 aromatic carbocycles. The Kier molecular flexibility index (Phi) is 23.0. The molecule has 22 rings (SSSR count). The lowest BCUT2D eigenvalue weighted by molar-refractivity contribution is 0.373. The second-order valence-electron chi connectivity index (χ2n) is 35.1. The maximum Gasteiger partial charge on any atom is 0.0412 e. The fourth-order valence-electron chi connectivity index (χ4n) is 21.6. The van der Waals surface area contributed by atoms with Crippen LogP contribution in [-0.2, 0) is 10.8 Å². The summed E-state index contributed by atoms with van der Waals surface area (Å²) in [6.07, 6.45) is 8.68. The van der Waals surface area contributed by atoms with Gasteiger partial charge in [0, 0.05) is 10.8 Å². The zero-order valence-corrected chi connectivity index (χ0v) is 74.5. The molecule has 0 fully saturated rings. The van der Waals surface area contributed by atoms with Crippen LogP contribution in [0.15, 0.2) is 558 Å². The van der Waals surface area contributed by atoms with E-state index < -0.39 is 10.8 Å². The monoisotopic (exact) mass is 1700 g/mol. The first kappa shape index (κ1) is 82.8. The standard InChI is InChI=1S/C134H96/c1-18-52-95(53-19-1)86-87-96-92-133(117-88-113(97-54-20-2-21-55-97)121(101-62-28-6-29-63-101)129(109-78-44-14-45-79-109)125(117)105-70-36-10-37-71-105,118-89-114(98-56-22-3-23-57-98)122(102-64-30-7-31-65-102)130(110-80-46-15-47-81-110)126(118)106-72-38-11-39-73-106)94-134(93-96,119-90-115(99-58-24-4-25-59-99)123(103-66-32-8-33-67-103)131(111-82-48-16-49-83-111)127(119)107-74-40-12-41-75-107)120-91-116(100-60-26-5-27-61-100)124(104-68-34-9-35-69-104)132(112-84-50-17-51-85-112)128(120)108-76-42-13-43-77-108/h1-92H,93-94H2/b87-86+. The zero-order chi connectivity index (χ0) is 89.4. The van der Waals surface area contributed by atoms with Crippen molar-refractivity contribution in [2.45, 2.75) is 23.7 Å². The first-order valence-electron chi connectivity index (χ1n) is 46.7. The van der Waals surface area contributed by atoms with Gasteiger partial charge in [-0.15, -0.1) is 0 Å². The van der Waals surface area contributed by atoms with Gasteiger partial charge < -0.3 is 0 Å². The molecule has 0 atom stereocenters. The molecule has 0 aromatic heterocycles. The number of allylic oxidation sites excluding steroid dienone is 3. The predicted octanol–water partition coefficient (Wildman–Crippen LogP) is 36.1. The highest BCUT2D eigenvalue weighted by Gasteiger charge is 2.54. The van der Waals surface area contributed by atoms with Crippen LogP contribution in [0, 0.1) is 0 Å². The van der Waals surface area contributed by atoms with Gasteiger partial charge in [0.1, 0.15) is 0 Å². The highest BCUT2D eigenvalue weighted by atomic mass is 14.6. The smallest absolute Gasteiger partial charge is 0.0412 e. The Morgan fingerprint density at radius 1 is 0.149 bits per heavy atom. The molecule has 1 aliphatic carbocycles. The molecule has 134 heavy (non-hydrogen) atoms. The predicted molar refractivity (Wildman–Crippen MR) is 567 cm³/mol. The molecule has 0 amide bonds. The maximum atomic E-state index is 2.83. The summed E-state index contributed by atoms with van der Waals surface area (Å²) in [7, 11) is 0. The van der Waals surface area contributed by atoms with Crippen LogP contribution in [0.5, 0.6) is 0 Å². The molecule has 0 bridgehead atoms. The van der Waals surface area contributed by atoms with Gasteiger partial charge in [0.05, 0.1) is 0 Å². The molecule has 0 saturated carbocycles. The van der Waals surface area contributed by atoms with Gasteiger partial charge in [0.15, 0.2) is 0 Å². The second-order valence-corrected chi connectivity index (χ2v) is 35.1. The van der Waals surface area contributed by atoms with Crippen molar-refractivity contribution in [2.24, 2.45) is 0 Å². The van der Waals surface area contributed by atoms with Crippen LogP contribution in [0.4, 0.5) is 0 Å². The summed E-state index contributed by atoms with van der Waals surface area (Å²) >= 11 is 0. The molecule has 0 spiro atoms. The van der Waals surface area contributed by atoms with E-state index in [1.807, 2.05) is 0 Å². The van der Waals surface area contributed by atoms with Crippen molar-refractivity contribution in [1.82, 2.24) is 0 Å². The van der Waals surface area contributed by atoms with E-state index in [-0.39, 0.29) is 0 Å². The fourth-order valence-corrected chi connectivity index (χ4v) is 21.6. The van der Waals surface area contributed by atoms with Crippen molar-refractivity contribution in [3.63, 3.8) is 0 Å². The lowest BCUT2D eigenvalue weighted by Crippen LogP contribution is -2.44. The summed E-state index contributed by atoms with van der Waals surface area (Å²) in [5.74, 6) is 0. The molecule has 21 aromatic rings. The third-order valence-electron chi connectivity index (χ3n) is 27.2. The molecule has 0 heterocycles. The summed E-state index contributed by atoms with van der Waals surface area (Å²) < 4.78 is 0. The van der Waals surface area contributed by atoms with Gasteiger partial charge in [-0.1, -0.05) is 534 Å². The molecule has 0 nitrogen and oxygen atoms in total. The first-order valence-corrected chi connectivity index (χ1v) is 46.7. The molecule has 0 aliphatic heterocycles. The van der Waals surface area contributed by atoms with E-state index in [4.69, 9.17) is 0 Å². The van der Waals surface area contributed by atoms with Crippen molar-refractivity contribution in [3.05, 3.63) is 585 Å². The topological polar surface area (TPSA) is 0 Å². The molecular weight excluding hydrogens is 1610 g/mol. The zero-order valence-electron chi connectivity index (χ0n) is 74.5. The second kappa shape index (κ2) is 37.3. The van der Waals surface area contributed by atoms with Gasteiger partial charge in [0.2, 0.25) is 0 Å². The summed E-state index contributed by atoms with van der Waals surface area (Å²) in [6, 6.07) is 204. The van der Waals surface area contributed by atoms with E-state index in [1.165, 1.54) is 11.1 Å². The highest BCUT2D eigenvalue weighted by molar-refractivity contribution is 6.10.